The number of hydrogen-bond donors (Lipinski definition) is 0. The number of amides is 1. The minimum absolute atomic E-state index is 0.318. The Hall–Kier alpha value is -2.21. The van der Waals surface area contributed by atoms with E-state index in [1.807, 2.05) is 18.2 Å². The van der Waals surface area contributed by atoms with Crippen molar-refractivity contribution in [2.24, 2.45) is 4.99 Å². The van der Waals surface area contributed by atoms with E-state index in [0.29, 0.717) is 23.0 Å². The molecule has 2 aromatic carbocycles. The summed E-state index contributed by atoms with van der Waals surface area (Å²) >= 11 is 7.64. The van der Waals surface area contributed by atoms with Crippen molar-refractivity contribution in [3.63, 3.8) is 0 Å². The van der Waals surface area contributed by atoms with Gasteiger partial charge in [-0.25, -0.2) is 0 Å². The number of halogens is 1. The zero-order valence-electron chi connectivity index (χ0n) is 15.5. The Morgan fingerprint density at radius 3 is 2.81 bits per heavy atom. The summed E-state index contributed by atoms with van der Waals surface area (Å²) in [5.41, 5.74) is 4.25. The van der Waals surface area contributed by atoms with Crippen molar-refractivity contribution in [1.82, 2.24) is 4.57 Å². The monoisotopic (exact) mass is 400 g/mol. The fourth-order valence-electron chi connectivity index (χ4n) is 2.97. The van der Waals surface area contributed by atoms with E-state index < -0.39 is 0 Å². The summed E-state index contributed by atoms with van der Waals surface area (Å²) < 4.78 is 8.41. The third kappa shape index (κ3) is 4.56. The van der Waals surface area contributed by atoms with E-state index in [-0.39, 0.29) is 5.91 Å². The lowest BCUT2D eigenvalue weighted by molar-refractivity contribution is -0.113. The van der Waals surface area contributed by atoms with E-state index in [4.69, 9.17) is 16.3 Å². The van der Waals surface area contributed by atoms with E-state index in [0.717, 1.165) is 21.3 Å². The molecule has 0 unspecified atom stereocenters. The first-order valence-electron chi connectivity index (χ1n) is 8.60. The summed E-state index contributed by atoms with van der Waals surface area (Å²) in [5, 5.41) is 0.602. The van der Waals surface area contributed by atoms with Gasteiger partial charge in [-0.3, -0.25) is 4.79 Å². The van der Waals surface area contributed by atoms with E-state index in [2.05, 4.69) is 35.5 Å². The van der Waals surface area contributed by atoms with Crippen LogP contribution in [0.4, 0.5) is 0 Å². The number of fused-ring (bicyclic) bond motifs is 1. The molecule has 0 saturated heterocycles. The third-order valence-corrected chi connectivity index (χ3v) is 5.52. The minimum Gasteiger partial charge on any atom is -0.383 e. The first-order chi connectivity index (χ1) is 13.0. The molecule has 0 N–H and O–H groups in total. The van der Waals surface area contributed by atoms with Gasteiger partial charge in [0.1, 0.15) is 0 Å². The number of nitrogens with zero attached hydrogens (tertiary/aromatic N) is 2. The Kier molecular flexibility index (Phi) is 6.26. The summed E-state index contributed by atoms with van der Waals surface area (Å²) in [4.78, 5) is 17.4. The molecule has 0 bridgehead atoms. The highest BCUT2D eigenvalue weighted by Crippen LogP contribution is 2.23. The lowest BCUT2D eigenvalue weighted by atomic mass is 10.1. The van der Waals surface area contributed by atoms with Gasteiger partial charge in [0.25, 0.3) is 5.91 Å². The number of rotatable bonds is 5. The van der Waals surface area contributed by atoms with Gasteiger partial charge >= 0.3 is 0 Å². The fourth-order valence-corrected chi connectivity index (χ4v) is 4.41. The van der Waals surface area contributed by atoms with Crippen molar-refractivity contribution in [3.8, 4) is 0 Å². The number of carbonyl (C=O) groups excluding carboxylic acids is 1. The summed E-state index contributed by atoms with van der Waals surface area (Å²) in [6.45, 7) is 5.34. The third-order valence-electron chi connectivity index (χ3n) is 4.15. The number of benzene rings is 2. The highest BCUT2D eigenvalue weighted by Gasteiger charge is 2.10. The second kappa shape index (κ2) is 8.65. The molecule has 0 radical (unpaired) electrons. The van der Waals surface area contributed by atoms with Crippen molar-refractivity contribution in [1.29, 1.82) is 0 Å². The summed E-state index contributed by atoms with van der Waals surface area (Å²) in [6.07, 6.45) is 3.14. The molecule has 0 spiro atoms. The number of thiazole rings is 1. The molecule has 0 fully saturated rings. The maximum atomic E-state index is 12.4. The fraction of sp³-hybridized carbons (Fsp3) is 0.238. The highest BCUT2D eigenvalue weighted by molar-refractivity contribution is 7.16. The molecule has 0 aliphatic carbocycles. The van der Waals surface area contributed by atoms with Gasteiger partial charge in [0.2, 0.25) is 0 Å². The Labute approximate surface area is 167 Å². The van der Waals surface area contributed by atoms with Crippen molar-refractivity contribution in [2.45, 2.75) is 20.4 Å². The van der Waals surface area contributed by atoms with Crippen LogP contribution in [-0.2, 0) is 16.1 Å². The van der Waals surface area contributed by atoms with Crippen LogP contribution in [0.2, 0.25) is 5.02 Å². The molecular formula is C21H21ClN2O2S. The van der Waals surface area contributed by atoms with Crippen molar-refractivity contribution in [2.75, 3.05) is 13.7 Å². The Morgan fingerprint density at radius 2 is 2.07 bits per heavy atom. The highest BCUT2D eigenvalue weighted by atomic mass is 35.5. The molecule has 0 saturated carbocycles. The topological polar surface area (TPSA) is 43.6 Å². The Balaban J connectivity index is 2.02. The normalized spacial score (nSPS) is 12.4. The molecule has 140 valence electrons. The number of carbonyl (C=O) groups is 1. The van der Waals surface area contributed by atoms with Gasteiger partial charge in [-0.2, -0.15) is 4.99 Å². The van der Waals surface area contributed by atoms with Crippen LogP contribution in [0.15, 0.2) is 47.5 Å². The number of aryl methyl sites for hydroxylation is 2. The number of methoxy groups -OCH3 is 1. The second-order valence-electron chi connectivity index (χ2n) is 6.26. The van der Waals surface area contributed by atoms with Crippen molar-refractivity contribution >= 4 is 45.1 Å². The SMILES string of the molecule is COCCn1c(=NC(=O)/C=C/c2ccccc2Cl)sc2cc(C)cc(C)c21. The molecule has 1 aromatic heterocycles. The molecule has 27 heavy (non-hydrogen) atoms. The zero-order valence-corrected chi connectivity index (χ0v) is 17.1. The second-order valence-corrected chi connectivity index (χ2v) is 7.68. The van der Waals surface area contributed by atoms with Gasteiger partial charge in [0.15, 0.2) is 4.80 Å². The van der Waals surface area contributed by atoms with Gasteiger partial charge in [0, 0.05) is 24.8 Å². The molecule has 3 aromatic rings. The number of hydrogen-bond acceptors (Lipinski definition) is 3. The van der Waals surface area contributed by atoms with Gasteiger partial charge in [0.05, 0.1) is 16.8 Å². The maximum Gasteiger partial charge on any atom is 0.272 e. The van der Waals surface area contributed by atoms with Crippen LogP contribution < -0.4 is 4.80 Å². The predicted molar refractivity (Wildman–Crippen MR) is 112 cm³/mol. The lowest BCUT2D eigenvalue weighted by Gasteiger charge is -2.07. The molecule has 3 rings (SSSR count). The minimum atomic E-state index is -0.318. The van der Waals surface area contributed by atoms with Crippen LogP contribution in [0.25, 0.3) is 16.3 Å². The lowest BCUT2D eigenvalue weighted by Crippen LogP contribution is -2.19. The number of aromatic nitrogens is 1. The molecule has 1 amide bonds. The molecule has 6 heteroatoms. The molecule has 4 nitrogen and oxygen atoms in total. The van der Waals surface area contributed by atoms with Gasteiger partial charge in [-0.1, -0.05) is 47.2 Å². The predicted octanol–water partition coefficient (Wildman–Crippen LogP) is 4.76. The van der Waals surface area contributed by atoms with E-state index in [1.165, 1.54) is 23.0 Å². The van der Waals surface area contributed by atoms with Gasteiger partial charge in [-0.15, -0.1) is 0 Å². The molecule has 0 aliphatic rings. The van der Waals surface area contributed by atoms with Crippen LogP contribution in [0.3, 0.4) is 0 Å². The quantitative estimate of drug-likeness (QED) is 0.579. The van der Waals surface area contributed by atoms with Crippen molar-refractivity contribution in [3.05, 3.63) is 69.0 Å². The summed E-state index contributed by atoms with van der Waals surface area (Å²) in [5.74, 6) is -0.318. The Bertz CT molecular complexity index is 1080. The van der Waals surface area contributed by atoms with E-state index in [1.54, 1.807) is 19.3 Å². The molecule has 0 aliphatic heterocycles. The van der Waals surface area contributed by atoms with E-state index in [9.17, 15) is 4.79 Å². The largest absolute Gasteiger partial charge is 0.383 e. The molecule has 0 atom stereocenters. The van der Waals surface area contributed by atoms with Gasteiger partial charge < -0.3 is 9.30 Å². The van der Waals surface area contributed by atoms with E-state index >= 15 is 0 Å². The smallest absolute Gasteiger partial charge is 0.272 e. The average Bonchev–Trinajstić information content (AvgIpc) is 2.96. The maximum absolute atomic E-state index is 12.4. The zero-order chi connectivity index (χ0) is 19.4. The van der Waals surface area contributed by atoms with Crippen LogP contribution in [0.5, 0.6) is 0 Å². The first kappa shape index (κ1) is 19.5. The van der Waals surface area contributed by atoms with Crippen LogP contribution in [0, 0.1) is 13.8 Å². The average molecular weight is 401 g/mol. The standard InChI is InChI=1S/C21H21ClN2O2S/c1-14-12-15(2)20-18(13-14)27-21(24(20)10-11-26-3)23-19(25)9-8-16-6-4-5-7-17(16)22/h4-9,12-13H,10-11H2,1-3H3/b9-8+,23-21?. The summed E-state index contributed by atoms with van der Waals surface area (Å²) in [7, 11) is 1.67. The van der Waals surface area contributed by atoms with Crippen LogP contribution in [0.1, 0.15) is 16.7 Å². The van der Waals surface area contributed by atoms with Crippen LogP contribution >= 0.6 is 22.9 Å². The summed E-state index contributed by atoms with van der Waals surface area (Å²) in [6, 6.07) is 11.6. The Morgan fingerprint density at radius 1 is 1.30 bits per heavy atom. The number of ether oxygens (including phenoxy) is 1. The van der Waals surface area contributed by atoms with Crippen molar-refractivity contribution < 1.29 is 9.53 Å². The molecular weight excluding hydrogens is 380 g/mol. The first-order valence-corrected chi connectivity index (χ1v) is 9.80. The molecule has 1 heterocycles. The van der Waals surface area contributed by atoms with Crippen LogP contribution in [-0.4, -0.2) is 24.2 Å². The van der Waals surface area contributed by atoms with Gasteiger partial charge in [-0.05, 0) is 48.7 Å².